The molecule has 5 nitrogen and oxygen atoms in total. The standard InChI is InChI=1S/C20H24FN3O2/c1-6-24(4)12-22-18-11-16(21)19(10-14(18)3)23-17-8-7-15(9-13(17)2)20(25)26-5/h7-12,23H,6H2,1-5H3. The second-order valence-corrected chi connectivity index (χ2v) is 6.08. The summed E-state index contributed by atoms with van der Waals surface area (Å²) in [5.74, 6) is -0.792. The number of aryl methyl sites for hydroxylation is 2. The number of nitrogens with one attached hydrogen (secondary N) is 1. The van der Waals surface area contributed by atoms with Crippen LogP contribution in [0, 0.1) is 19.7 Å². The molecule has 1 N–H and O–H groups in total. The molecule has 0 heterocycles. The summed E-state index contributed by atoms with van der Waals surface area (Å²) in [4.78, 5) is 17.8. The Hall–Kier alpha value is -2.89. The molecule has 2 aromatic carbocycles. The van der Waals surface area contributed by atoms with Crippen molar-refractivity contribution in [2.24, 2.45) is 4.99 Å². The van der Waals surface area contributed by atoms with E-state index in [4.69, 9.17) is 4.74 Å². The van der Waals surface area contributed by atoms with E-state index in [1.54, 1.807) is 30.6 Å². The Kier molecular flexibility index (Phi) is 6.33. The van der Waals surface area contributed by atoms with Gasteiger partial charge in [-0.3, -0.25) is 0 Å². The van der Waals surface area contributed by atoms with Crippen molar-refractivity contribution < 1.29 is 13.9 Å². The Morgan fingerprint density at radius 1 is 1.23 bits per heavy atom. The largest absolute Gasteiger partial charge is 0.465 e. The van der Waals surface area contributed by atoms with Crippen molar-refractivity contribution in [2.75, 3.05) is 26.0 Å². The number of carbonyl (C=O) groups excluding carboxylic acids is 1. The van der Waals surface area contributed by atoms with Crippen LogP contribution in [0.5, 0.6) is 0 Å². The number of benzene rings is 2. The predicted octanol–water partition coefficient (Wildman–Crippen LogP) is 4.58. The third-order valence-electron chi connectivity index (χ3n) is 4.10. The number of methoxy groups -OCH3 is 1. The summed E-state index contributed by atoms with van der Waals surface area (Å²) >= 11 is 0. The van der Waals surface area contributed by atoms with Crippen LogP contribution in [0.3, 0.4) is 0 Å². The van der Waals surface area contributed by atoms with Gasteiger partial charge in [-0.2, -0.15) is 0 Å². The van der Waals surface area contributed by atoms with E-state index < -0.39 is 11.8 Å². The molecule has 0 atom stereocenters. The minimum atomic E-state index is -0.402. The Bertz CT molecular complexity index is 834. The summed E-state index contributed by atoms with van der Waals surface area (Å²) in [6.45, 7) is 6.57. The first-order valence-corrected chi connectivity index (χ1v) is 8.36. The summed E-state index contributed by atoms with van der Waals surface area (Å²) in [5.41, 5.74) is 3.80. The van der Waals surface area contributed by atoms with Crippen molar-refractivity contribution in [1.82, 2.24) is 4.90 Å². The van der Waals surface area contributed by atoms with Gasteiger partial charge >= 0.3 is 5.97 Å². The number of hydrogen-bond donors (Lipinski definition) is 1. The molecule has 0 spiro atoms. The zero-order valence-corrected chi connectivity index (χ0v) is 15.8. The van der Waals surface area contributed by atoms with Crippen LogP contribution in [0.1, 0.15) is 28.4 Å². The molecule has 2 aromatic rings. The monoisotopic (exact) mass is 357 g/mol. The van der Waals surface area contributed by atoms with Crippen molar-refractivity contribution in [1.29, 1.82) is 0 Å². The molecule has 2 rings (SSSR count). The van der Waals surface area contributed by atoms with Gasteiger partial charge < -0.3 is 15.0 Å². The van der Waals surface area contributed by atoms with Gasteiger partial charge in [-0.25, -0.2) is 14.2 Å². The van der Waals surface area contributed by atoms with Gasteiger partial charge in [0.2, 0.25) is 0 Å². The van der Waals surface area contributed by atoms with Crippen molar-refractivity contribution in [2.45, 2.75) is 20.8 Å². The first kappa shape index (κ1) is 19.4. The highest BCUT2D eigenvalue weighted by Gasteiger charge is 2.11. The van der Waals surface area contributed by atoms with Gasteiger partial charge in [0.05, 0.1) is 30.4 Å². The molecule has 0 saturated heterocycles. The molecule has 6 heteroatoms. The zero-order valence-electron chi connectivity index (χ0n) is 15.8. The van der Waals surface area contributed by atoms with Gasteiger partial charge in [-0.05, 0) is 56.2 Å². The average Bonchev–Trinajstić information content (AvgIpc) is 2.63. The fourth-order valence-corrected chi connectivity index (χ4v) is 2.34. The number of rotatable bonds is 6. The minimum Gasteiger partial charge on any atom is -0.465 e. The maximum Gasteiger partial charge on any atom is 0.337 e. The summed E-state index contributed by atoms with van der Waals surface area (Å²) in [6, 6.07) is 8.22. The average molecular weight is 357 g/mol. The molecule has 26 heavy (non-hydrogen) atoms. The third-order valence-corrected chi connectivity index (χ3v) is 4.10. The van der Waals surface area contributed by atoms with E-state index in [2.05, 4.69) is 10.3 Å². The quantitative estimate of drug-likeness (QED) is 0.467. The minimum absolute atomic E-state index is 0.360. The Balaban J connectivity index is 2.26. The number of aliphatic imine (C=N–C) groups is 1. The van der Waals surface area contributed by atoms with E-state index in [9.17, 15) is 9.18 Å². The number of anilines is 2. The molecule has 0 aliphatic rings. The number of nitrogens with zero attached hydrogens (tertiary/aromatic N) is 2. The van der Waals surface area contributed by atoms with Crippen LogP contribution in [0.4, 0.5) is 21.5 Å². The number of carbonyl (C=O) groups is 1. The van der Waals surface area contributed by atoms with Crippen molar-refractivity contribution in [3.63, 3.8) is 0 Å². The van der Waals surface area contributed by atoms with Crippen LogP contribution >= 0.6 is 0 Å². The van der Waals surface area contributed by atoms with Gasteiger partial charge in [-0.1, -0.05) is 0 Å². The molecule has 0 fully saturated rings. The number of ether oxygens (including phenoxy) is 1. The lowest BCUT2D eigenvalue weighted by molar-refractivity contribution is 0.0600. The van der Waals surface area contributed by atoms with Crippen LogP contribution in [-0.4, -0.2) is 37.9 Å². The first-order chi connectivity index (χ1) is 12.3. The lowest BCUT2D eigenvalue weighted by atomic mass is 10.1. The highest BCUT2D eigenvalue weighted by molar-refractivity contribution is 5.90. The molecule has 0 aliphatic heterocycles. The van der Waals surface area contributed by atoms with E-state index >= 15 is 0 Å². The summed E-state index contributed by atoms with van der Waals surface area (Å²) in [5, 5.41) is 3.08. The van der Waals surface area contributed by atoms with Crippen LogP contribution < -0.4 is 5.32 Å². The highest BCUT2D eigenvalue weighted by Crippen LogP contribution is 2.29. The number of hydrogen-bond acceptors (Lipinski definition) is 4. The summed E-state index contributed by atoms with van der Waals surface area (Å²) in [6.07, 6.45) is 1.69. The lowest BCUT2D eigenvalue weighted by Gasteiger charge is -2.14. The normalized spacial score (nSPS) is 10.8. The van der Waals surface area contributed by atoms with Gasteiger partial charge in [-0.15, -0.1) is 0 Å². The Morgan fingerprint density at radius 3 is 2.58 bits per heavy atom. The molecular weight excluding hydrogens is 333 g/mol. The van der Waals surface area contributed by atoms with Crippen molar-refractivity contribution >= 4 is 29.4 Å². The van der Waals surface area contributed by atoms with Crippen molar-refractivity contribution in [3.05, 3.63) is 52.8 Å². The van der Waals surface area contributed by atoms with Crippen LogP contribution in [-0.2, 0) is 4.74 Å². The fraction of sp³-hybridized carbons (Fsp3) is 0.300. The van der Waals surface area contributed by atoms with Gasteiger partial charge in [0.1, 0.15) is 5.82 Å². The van der Waals surface area contributed by atoms with Gasteiger partial charge in [0.15, 0.2) is 0 Å². The number of halogens is 1. The van der Waals surface area contributed by atoms with Crippen LogP contribution in [0.25, 0.3) is 0 Å². The molecule has 138 valence electrons. The second kappa shape index (κ2) is 8.47. The molecule has 0 radical (unpaired) electrons. The Morgan fingerprint density at radius 2 is 1.96 bits per heavy atom. The summed E-state index contributed by atoms with van der Waals surface area (Å²) < 4.78 is 19.2. The van der Waals surface area contributed by atoms with E-state index in [1.165, 1.54) is 13.2 Å². The third kappa shape index (κ3) is 4.59. The van der Waals surface area contributed by atoms with E-state index in [-0.39, 0.29) is 0 Å². The maximum atomic E-state index is 14.5. The van der Waals surface area contributed by atoms with Gasteiger partial charge in [0.25, 0.3) is 0 Å². The molecule has 0 bridgehead atoms. The SMILES string of the molecule is CCN(C)C=Nc1cc(F)c(Nc2ccc(C(=O)OC)cc2C)cc1C. The topological polar surface area (TPSA) is 53.9 Å². The van der Waals surface area contributed by atoms with Crippen LogP contribution in [0.15, 0.2) is 35.3 Å². The summed E-state index contributed by atoms with van der Waals surface area (Å²) in [7, 11) is 3.25. The first-order valence-electron chi connectivity index (χ1n) is 8.36. The van der Waals surface area contributed by atoms with Crippen molar-refractivity contribution in [3.8, 4) is 0 Å². The molecule has 0 aromatic heterocycles. The van der Waals surface area contributed by atoms with Crippen LogP contribution in [0.2, 0.25) is 0 Å². The van der Waals surface area contributed by atoms with E-state index in [1.807, 2.05) is 32.7 Å². The molecular formula is C20H24FN3O2. The smallest absolute Gasteiger partial charge is 0.337 e. The maximum absolute atomic E-state index is 14.5. The van der Waals surface area contributed by atoms with E-state index in [0.29, 0.717) is 16.9 Å². The molecule has 0 amide bonds. The number of esters is 1. The van der Waals surface area contributed by atoms with Gasteiger partial charge in [0, 0.05) is 25.3 Å². The van der Waals surface area contributed by atoms with E-state index in [0.717, 1.165) is 23.4 Å². The second-order valence-electron chi connectivity index (χ2n) is 6.08. The predicted molar refractivity (Wildman–Crippen MR) is 103 cm³/mol. The highest BCUT2D eigenvalue weighted by atomic mass is 19.1. The molecule has 0 aliphatic carbocycles. The lowest BCUT2D eigenvalue weighted by Crippen LogP contribution is -2.14. The Labute approximate surface area is 153 Å². The molecule has 0 saturated carbocycles. The zero-order chi connectivity index (χ0) is 19.3. The molecule has 0 unspecified atom stereocenters. The fourth-order valence-electron chi connectivity index (χ4n) is 2.34.